The molecule has 0 aliphatic carbocycles. The average molecular weight is 282 g/mol. The molecule has 0 unspecified atom stereocenters. The zero-order valence-electron chi connectivity index (χ0n) is 11.0. The van der Waals surface area contributed by atoms with Crippen LogP contribution >= 0.6 is 0 Å². The molecule has 0 fully saturated rings. The maximum absolute atomic E-state index is 13.2. The highest BCUT2D eigenvalue weighted by atomic mass is 19.1. The lowest BCUT2D eigenvalue weighted by Crippen LogP contribution is -2.17. The first kappa shape index (κ1) is 13.2. The highest BCUT2D eigenvalue weighted by Crippen LogP contribution is 2.10. The third-order valence-electron chi connectivity index (χ3n) is 3.20. The van der Waals surface area contributed by atoms with Gasteiger partial charge in [0.2, 0.25) is 5.43 Å². The number of ketones is 1. The van der Waals surface area contributed by atoms with Crippen LogP contribution in [0.3, 0.4) is 0 Å². The summed E-state index contributed by atoms with van der Waals surface area (Å²) in [6.45, 7) is -0.0513. The Kier molecular flexibility index (Phi) is 3.31. The van der Waals surface area contributed by atoms with E-state index in [0.29, 0.717) is 10.9 Å². The van der Waals surface area contributed by atoms with E-state index < -0.39 is 5.82 Å². The summed E-state index contributed by atoms with van der Waals surface area (Å²) in [5.41, 5.74) is 0.661. The molecule has 0 saturated carbocycles. The second kappa shape index (κ2) is 5.28. The third-order valence-corrected chi connectivity index (χ3v) is 3.20. The van der Waals surface area contributed by atoms with Crippen LogP contribution in [0, 0.1) is 5.82 Å². The van der Waals surface area contributed by atoms with E-state index in [1.165, 1.54) is 29.1 Å². The average Bonchev–Trinajstić information content (AvgIpc) is 2.50. The number of rotatable bonds is 3. The summed E-state index contributed by atoms with van der Waals surface area (Å²) in [4.78, 5) is 23.9. The van der Waals surface area contributed by atoms with E-state index in [1.54, 1.807) is 30.3 Å². The number of aromatic nitrogens is 2. The number of benzene rings is 2. The van der Waals surface area contributed by atoms with Gasteiger partial charge in [0.05, 0.1) is 11.7 Å². The second-order valence-electron chi connectivity index (χ2n) is 4.62. The van der Waals surface area contributed by atoms with Crippen LogP contribution in [0.2, 0.25) is 0 Å². The van der Waals surface area contributed by atoms with Crippen molar-refractivity contribution < 1.29 is 9.18 Å². The van der Waals surface area contributed by atoms with Gasteiger partial charge in [-0.3, -0.25) is 14.3 Å². The number of carbonyl (C=O) groups excluding carboxylic acids is 1. The van der Waals surface area contributed by atoms with Crippen LogP contribution in [-0.2, 0) is 6.54 Å². The van der Waals surface area contributed by atoms with Crippen molar-refractivity contribution >= 4 is 16.7 Å². The fourth-order valence-electron chi connectivity index (χ4n) is 2.18. The number of para-hydroxylation sites is 1. The van der Waals surface area contributed by atoms with Crippen LogP contribution in [-0.4, -0.2) is 15.6 Å². The molecule has 5 heteroatoms. The third kappa shape index (κ3) is 2.58. The molecule has 0 amide bonds. The van der Waals surface area contributed by atoms with Crippen molar-refractivity contribution in [3.8, 4) is 0 Å². The van der Waals surface area contributed by atoms with Gasteiger partial charge in [-0.15, -0.1) is 0 Å². The Morgan fingerprint density at radius 2 is 1.95 bits per heavy atom. The minimum absolute atomic E-state index is 0.0513. The quantitative estimate of drug-likeness (QED) is 0.693. The van der Waals surface area contributed by atoms with Gasteiger partial charge in [0.1, 0.15) is 12.4 Å². The van der Waals surface area contributed by atoms with Crippen molar-refractivity contribution in [2.75, 3.05) is 0 Å². The number of carbonyl (C=O) groups is 1. The Morgan fingerprint density at radius 3 is 2.76 bits per heavy atom. The first-order chi connectivity index (χ1) is 10.1. The lowest BCUT2D eigenvalue weighted by Gasteiger charge is -2.08. The largest absolute Gasteiger partial charge is 0.292 e. The van der Waals surface area contributed by atoms with Crippen molar-refractivity contribution in [2.24, 2.45) is 0 Å². The summed E-state index contributed by atoms with van der Waals surface area (Å²) in [6, 6.07) is 12.4. The van der Waals surface area contributed by atoms with Gasteiger partial charge in [-0.05, 0) is 24.3 Å². The number of nitrogens with zero attached hydrogens (tertiary/aromatic N) is 2. The fourth-order valence-corrected chi connectivity index (χ4v) is 2.18. The van der Waals surface area contributed by atoms with Crippen molar-refractivity contribution in [1.29, 1.82) is 0 Å². The summed E-state index contributed by atoms with van der Waals surface area (Å²) in [5, 5.41) is 4.48. The lowest BCUT2D eigenvalue weighted by molar-refractivity contribution is 0.0968. The van der Waals surface area contributed by atoms with Gasteiger partial charge in [0, 0.05) is 10.9 Å². The van der Waals surface area contributed by atoms with Gasteiger partial charge < -0.3 is 0 Å². The first-order valence-corrected chi connectivity index (χ1v) is 6.39. The molecule has 3 rings (SSSR count). The molecular weight excluding hydrogens is 271 g/mol. The molecule has 0 radical (unpaired) electrons. The van der Waals surface area contributed by atoms with Crippen LogP contribution in [0.5, 0.6) is 0 Å². The predicted molar refractivity (Wildman–Crippen MR) is 76.7 cm³/mol. The minimum Gasteiger partial charge on any atom is -0.292 e. The molecule has 0 saturated heterocycles. The monoisotopic (exact) mass is 282 g/mol. The van der Waals surface area contributed by atoms with Gasteiger partial charge >= 0.3 is 0 Å². The van der Waals surface area contributed by atoms with Crippen molar-refractivity contribution in [2.45, 2.75) is 6.54 Å². The maximum Gasteiger partial charge on any atom is 0.207 e. The van der Waals surface area contributed by atoms with E-state index in [9.17, 15) is 14.0 Å². The number of hydrogen-bond acceptors (Lipinski definition) is 3. The summed E-state index contributed by atoms with van der Waals surface area (Å²) in [5.74, 6) is -0.727. The summed E-state index contributed by atoms with van der Waals surface area (Å²) < 4.78 is 14.6. The molecule has 2 aromatic carbocycles. The standard InChI is InChI=1S/C16H11FN2O2/c17-12-5-3-4-11(8-12)16(21)10-19-14-7-2-1-6-13(14)15(20)9-18-19/h1-9H,10H2. The Morgan fingerprint density at radius 1 is 1.14 bits per heavy atom. The second-order valence-corrected chi connectivity index (χ2v) is 4.62. The summed E-state index contributed by atoms with van der Waals surface area (Å²) >= 11 is 0. The van der Waals surface area contributed by atoms with E-state index in [4.69, 9.17) is 0 Å². The summed E-state index contributed by atoms with van der Waals surface area (Å²) in [7, 11) is 0. The predicted octanol–water partition coefficient (Wildman–Crippen LogP) is 2.42. The molecule has 0 bridgehead atoms. The van der Waals surface area contributed by atoms with Crippen LogP contribution in [0.1, 0.15) is 10.4 Å². The molecular formula is C16H11FN2O2. The highest BCUT2D eigenvalue weighted by Gasteiger charge is 2.10. The molecule has 0 aliphatic rings. The number of fused-ring (bicyclic) bond motifs is 1. The highest BCUT2D eigenvalue weighted by molar-refractivity contribution is 5.96. The van der Waals surface area contributed by atoms with Crippen LogP contribution in [0.15, 0.2) is 59.5 Å². The molecule has 1 aromatic heterocycles. The van der Waals surface area contributed by atoms with Crippen molar-refractivity contribution in [3.63, 3.8) is 0 Å². The van der Waals surface area contributed by atoms with E-state index in [1.807, 2.05) is 0 Å². The minimum atomic E-state index is -0.460. The van der Waals surface area contributed by atoms with E-state index in [2.05, 4.69) is 5.10 Å². The number of hydrogen-bond donors (Lipinski definition) is 0. The fraction of sp³-hybridized carbons (Fsp3) is 0.0625. The Balaban J connectivity index is 2.01. The van der Waals surface area contributed by atoms with Gasteiger partial charge in [-0.1, -0.05) is 24.3 Å². The van der Waals surface area contributed by atoms with Crippen LogP contribution < -0.4 is 5.43 Å². The van der Waals surface area contributed by atoms with E-state index in [-0.39, 0.29) is 23.3 Å². The molecule has 0 aliphatic heterocycles. The summed E-state index contributed by atoms with van der Waals surface area (Å²) in [6.07, 6.45) is 1.18. The van der Waals surface area contributed by atoms with E-state index >= 15 is 0 Å². The van der Waals surface area contributed by atoms with Crippen molar-refractivity contribution in [1.82, 2.24) is 9.78 Å². The van der Waals surface area contributed by atoms with Gasteiger partial charge in [0.25, 0.3) is 0 Å². The Bertz CT molecular complexity index is 887. The smallest absolute Gasteiger partial charge is 0.207 e. The number of Topliss-reactive ketones (excluding diaryl/α,β-unsaturated/α-hetero) is 1. The van der Waals surface area contributed by atoms with E-state index in [0.717, 1.165) is 0 Å². The van der Waals surface area contributed by atoms with Crippen LogP contribution in [0.4, 0.5) is 4.39 Å². The molecule has 0 N–H and O–H groups in total. The Hall–Kier alpha value is -2.82. The molecule has 21 heavy (non-hydrogen) atoms. The van der Waals surface area contributed by atoms with Crippen LogP contribution in [0.25, 0.3) is 10.9 Å². The zero-order valence-corrected chi connectivity index (χ0v) is 11.0. The topological polar surface area (TPSA) is 52.0 Å². The van der Waals surface area contributed by atoms with Gasteiger partial charge in [0.15, 0.2) is 5.78 Å². The molecule has 0 atom stereocenters. The molecule has 3 aromatic rings. The van der Waals surface area contributed by atoms with Gasteiger partial charge in [-0.2, -0.15) is 5.10 Å². The number of halogens is 1. The Labute approximate surface area is 119 Å². The molecule has 0 spiro atoms. The first-order valence-electron chi connectivity index (χ1n) is 6.39. The molecule has 104 valence electrons. The zero-order chi connectivity index (χ0) is 14.8. The molecule has 1 heterocycles. The lowest BCUT2D eigenvalue weighted by atomic mass is 10.1. The normalized spacial score (nSPS) is 10.7. The van der Waals surface area contributed by atoms with Crippen molar-refractivity contribution in [3.05, 3.63) is 76.3 Å². The SMILES string of the molecule is O=C(Cn1ncc(=O)c2ccccc21)c1cccc(F)c1. The van der Waals surface area contributed by atoms with Gasteiger partial charge in [-0.25, -0.2) is 4.39 Å². The molecule has 4 nitrogen and oxygen atoms in total. The maximum atomic E-state index is 13.2.